The summed E-state index contributed by atoms with van der Waals surface area (Å²) in [5, 5.41) is 0. The molecule has 2 heteroatoms. The summed E-state index contributed by atoms with van der Waals surface area (Å²) in [7, 11) is 0. The van der Waals surface area contributed by atoms with Crippen molar-refractivity contribution >= 4 is 27.5 Å². The fourth-order valence-electron chi connectivity index (χ4n) is 0.607. The van der Waals surface area contributed by atoms with Gasteiger partial charge in [0.25, 0.3) is 0 Å². The zero-order chi connectivity index (χ0) is 6.69. The third kappa shape index (κ3) is 1.70. The molecule has 0 bridgehead atoms. The first-order chi connectivity index (χ1) is 4.34. The van der Waals surface area contributed by atoms with E-state index in [2.05, 4.69) is 15.9 Å². The highest BCUT2D eigenvalue weighted by molar-refractivity contribution is 9.10. The Kier molecular flexibility index (Phi) is 2.55. The van der Waals surface area contributed by atoms with Crippen LogP contribution in [0.15, 0.2) is 28.7 Å². The molecule has 1 aromatic carbocycles. The second kappa shape index (κ2) is 3.23. The van der Waals surface area contributed by atoms with Crippen LogP contribution in [0.5, 0.6) is 0 Å². The van der Waals surface area contributed by atoms with Gasteiger partial charge in [0.2, 0.25) is 0 Å². The second-order valence-electron chi connectivity index (χ2n) is 1.73. The first-order valence-corrected chi connectivity index (χ1v) is 3.96. The van der Waals surface area contributed by atoms with E-state index in [0.29, 0.717) is 5.88 Å². The Bertz CT molecular complexity index is 198. The molecule has 0 atom stereocenters. The van der Waals surface area contributed by atoms with Gasteiger partial charge in [0.1, 0.15) is 0 Å². The summed E-state index contributed by atoms with van der Waals surface area (Å²) < 4.78 is 1.08. The van der Waals surface area contributed by atoms with Crippen molar-refractivity contribution in [3.8, 4) is 0 Å². The molecule has 0 amide bonds. The SMILES string of the molecule is ClCc1ccccc1Br. The molecule has 0 saturated heterocycles. The monoisotopic (exact) mass is 204 g/mol. The molecule has 0 unspecified atom stereocenters. The van der Waals surface area contributed by atoms with Crippen molar-refractivity contribution in [2.45, 2.75) is 5.88 Å². The van der Waals surface area contributed by atoms with Gasteiger partial charge in [-0.2, -0.15) is 0 Å². The smallest absolute Gasteiger partial charge is 0.0485 e. The van der Waals surface area contributed by atoms with Gasteiger partial charge in [0.05, 0.1) is 0 Å². The molecule has 1 rings (SSSR count). The van der Waals surface area contributed by atoms with Gasteiger partial charge in [-0.1, -0.05) is 34.1 Å². The van der Waals surface area contributed by atoms with E-state index in [9.17, 15) is 0 Å². The maximum atomic E-state index is 5.60. The molecule has 0 nitrogen and oxygen atoms in total. The molecular weight excluding hydrogens is 199 g/mol. The Morgan fingerprint density at radius 1 is 1.33 bits per heavy atom. The normalized spacial score (nSPS) is 9.56. The highest BCUT2D eigenvalue weighted by atomic mass is 79.9. The minimum Gasteiger partial charge on any atom is -0.122 e. The molecule has 0 aromatic heterocycles. The highest BCUT2D eigenvalue weighted by Gasteiger charge is 1.92. The predicted molar refractivity (Wildman–Crippen MR) is 43.7 cm³/mol. The predicted octanol–water partition coefficient (Wildman–Crippen LogP) is 3.19. The molecule has 0 heterocycles. The minimum atomic E-state index is 0.571. The van der Waals surface area contributed by atoms with Crippen LogP contribution in [0.2, 0.25) is 0 Å². The lowest BCUT2D eigenvalue weighted by molar-refractivity contribution is 1.37. The number of alkyl halides is 1. The zero-order valence-corrected chi connectivity index (χ0v) is 7.11. The quantitative estimate of drug-likeness (QED) is 0.618. The Morgan fingerprint density at radius 3 is 2.44 bits per heavy atom. The molecular formula is C7H6BrCl. The topological polar surface area (TPSA) is 0 Å². The lowest BCUT2D eigenvalue weighted by Gasteiger charge is -1.95. The molecule has 0 aliphatic carbocycles. The minimum absolute atomic E-state index is 0.571. The molecule has 0 saturated carbocycles. The number of hydrogen-bond donors (Lipinski definition) is 0. The summed E-state index contributed by atoms with van der Waals surface area (Å²) in [6, 6.07) is 7.93. The van der Waals surface area contributed by atoms with Crippen molar-refractivity contribution in [1.29, 1.82) is 0 Å². The van der Waals surface area contributed by atoms with E-state index >= 15 is 0 Å². The largest absolute Gasteiger partial charge is 0.122 e. The molecule has 48 valence electrons. The van der Waals surface area contributed by atoms with Gasteiger partial charge in [0, 0.05) is 10.4 Å². The van der Waals surface area contributed by atoms with Gasteiger partial charge < -0.3 is 0 Å². The van der Waals surface area contributed by atoms with Gasteiger partial charge in [0.15, 0.2) is 0 Å². The summed E-state index contributed by atoms with van der Waals surface area (Å²) in [6.45, 7) is 0. The Balaban J connectivity index is 3.01. The van der Waals surface area contributed by atoms with Crippen LogP contribution in [-0.4, -0.2) is 0 Å². The van der Waals surface area contributed by atoms with Crippen molar-refractivity contribution < 1.29 is 0 Å². The number of halogens is 2. The zero-order valence-electron chi connectivity index (χ0n) is 4.77. The molecule has 0 radical (unpaired) electrons. The van der Waals surface area contributed by atoms with Crippen LogP contribution in [0.3, 0.4) is 0 Å². The van der Waals surface area contributed by atoms with E-state index in [0.717, 1.165) is 10.0 Å². The Morgan fingerprint density at radius 2 is 2.00 bits per heavy atom. The molecule has 0 N–H and O–H groups in total. The number of hydrogen-bond acceptors (Lipinski definition) is 0. The van der Waals surface area contributed by atoms with Crippen LogP contribution in [-0.2, 0) is 5.88 Å². The summed E-state index contributed by atoms with van der Waals surface area (Å²) in [5.41, 5.74) is 1.14. The van der Waals surface area contributed by atoms with Gasteiger partial charge in [-0.05, 0) is 11.6 Å². The van der Waals surface area contributed by atoms with Gasteiger partial charge in [-0.25, -0.2) is 0 Å². The van der Waals surface area contributed by atoms with Gasteiger partial charge in [-0.15, -0.1) is 11.6 Å². The van der Waals surface area contributed by atoms with Gasteiger partial charge >= 0.3 is 0 Å². The van der Waals surface area contributed by atoms with E-state index in [1.807, 2.05) is 24.3 Å². The average Bonchev–Trinajstić information content (AvgIpc) is 1.89. The molecule has 0 aliphatic heterocycles. The average molecular weight is 205 g/mol. The Labute approximate surface area is 68.0 Å². The molecule has 0 aliphatic rings. The lowest BCUT2D eigenvalue weighted by Crippen LogP contribution is -1.76. The third-order valence-electron chi connectivity index (χ3n) is 1.10. The molecule has 9 heavy (non-hydrogen) atoms. The maximum Gasteiger partial charge on any atom is 0.0485 e. The first-order valence-electron chi connectivity index (χ1n) is 2.64. The summed E-state index contributed by atoms with van der Waals surface area (Å²) >= 11 is 8.97. The van der Waals surface area contributed by atoms with Crippen LogP contribution < -0.4 is 0 Å². The molecule has 1 aromatic rings. The summed E-state index contributed by atoms with van der Waals surface area (Å²) in [6.07, 6.45) is 0. The van der Waals surface area contributed by atoms with Crippen molar-refractivity contribution in [1.82, 2.24) is 0 Å². The van der Waals surface area contributed by atoms with Crippen LogP contribution in [0.25, 0.3) is 0 Å². The highest BCUT2D eigenvalue weighted by Crippen LogP contribution is 2.16. The fourth-order valence-corrected chi connectivity index (χ4v) is 1.43. The van der Waals surface area contributed by atoms with E-state index < -0.39 is 0 Å². The van der Waals surface area contributed by atoms with E-state index in [-0.39, 0.29) is 0 Å². The van der Waals surface area contributed by atoms with Gasteiger partial charge in [-0.3, -0.25) is 0 Å². The third-order valence-corrected chi connectivity index (χ3v) is 2.16. The van der Waals surface area contributed by atoms with Crippen molar-refractivity contribution in [2.24, 2.45) is 0 Å². The summed E-state index contributed by atoms with van der Waals surface area (Å²) in [4.78, 5) is 0. The first kappa shape index (κ1) is 7.10. The number of benzene rings is 1. The fraction of sp³-hybridized carbons (Fsp3) is 0.143. The molecule has 0 spiro atoms. The summed E-state index contributed by atoms with van der Waals surface area (Å²) in [5.74, 6) is 0.571. The van der Waals surface area contributed by atoms with Crippen LogP contribution in [0, 0.1) is 0 Å². The molecule has 0 fully saturated rings. The second-order valence-corrected chi connectivity index (χ2v) is 2.85. The standard InChI is InChI=1S/C7H6BrCl/c8-7-4-2-1-3-6(7)5-9/h1-4H,5H2. The van der Waals surface area contributed by atoms with E-state index in [1.165, 1.54) is 0 Å². The van der Waals surface area contributed by atoms with Crippen molar-refractivity contribution in [3.63, 3.8) is 0 Å². The van der Waals surface area contributed by atoms with Crippen LogP contribution in [0.4, 0.5) is 0 Å². The van der Waals surface area contributed by atoms with Crippen LogP contribution in [0.1, 0.15) is 5.56 Å². The maximum absolute atomic E-state index is 5.60. The Hall–Kier alpha value is -0.0100. The van der Waals surface area contributed by atoms with E-state index in [4.69, 9.17) is 11.6 Å². The van der Waals surface area contributed by atoms with Crippen LogP contribution >= 0.6 is 27.5 Å². The van der Waals surface area contributed by atoms with E-state index in [1.54, 1.807) is 0 Å². The lowest BCUT2D eigenvalue weighted by atomic mass is 10.2. The number of rotatable bonds is 1. The van der Waals surface area contributed by atoms with Crippen molar-refractivity contribution in [2.75, 3.05) is 0 Å². The van der Waals surface area contributed by atoms with Crippen molar-refractivity contribution in [3.05, 3.63) is 34.3 Å².